The van der Waals surface area contributed by atoms with Crippen LogP contribution in [0.3, 0.4) is 0 Å². The van der Waals surface area contributed by atoms with Crippen molar-refractivity contribution in [1.82, 2.24) is 14.7 Å². The van der Waals surface area contributed by atoms with E-state index < -0.39 is 45.4 Å². The van der Waals surface area contributed by atoms with Crippen LogP contribution in [0.15, 0.2) is 48.7 Å². The molecule has 1 aliphatic heterocycles. The van der Waals surface area contributed by atoms with Crippen molar-refractivity contribution in [3.05, 3.63) is 75.6 Å². The van der Waals surface area contributed by atoms with Gasteiger partial charge in [0.1, 0.15) is 28.0 Å². The molecule has 9 nitrogen and oxygen atoms in total. The second-order valence-electron chi connectivity index (χ2n) is 11.9. The number of thiophene rings is 1. The maximum Gasteiger partial charge on any atom is 0.410 e. The number of anilines is 1. The summed E-state index contributed by atoms with van der Waals surface area (Å²) in [5, 5.41) is 12.3. The predicted octanol–water partition coefficient (Wildman–Crippen LogP) is 7.38. The number of nitrogens with zero attached hydrogens (tertiary/aromatic N) is 2. The first-order valence-electron chi connectivity index (χ1n) is 13.4. The Morgan fingerprint density at radius 2 is 1.95 bits per heavy atom. The molecule has 1 aromatic carbocycles. The molecule has 1 amide bonds. The number of nitrogens with one attached hydrogen (secondary N) is 2. The molecule has 4 aromatic rings. The molecule has 2 unspecified atom stereocenters. The first-order chi connectivity index (χ1) is 20.0. The summed E-state index contributed by atoms with van der Waals surface area (Å²) in [4.78, 5) is 21.0. The van der Waals surface area contributed by atoms with E-state index in [1.165, 1.54) is 35.6 Å². The fourth-order valence-electron chi connectivity index (χ4n) is 4.80. The number of ether oxygens (including phenoxy) is 2. The van der Waals surface area contributed by atoms with Gasteiger partial charge >= 0.3 is 6.09 Å². The summed E-state index contributed by atoms with van der Waals surface area (Å²) in [5.74, 6) is -1.13. The van der Waals surface area contributed by atoms with Gasteiger partial charge in [0.05, 0.1) is 23.0 Å². The van der Waals surface area contributed by atoms with E-state index in [1.54, 1.807) is 12.3 Å². The van der Waals surface area contributed by atoms with Crippen molar-refractivity contribution in [3.8, 4) is 11.3 Å². The van der Waals surface area contributed by atoms with Gasteiger partial charge in [-0.3, -0.25) is 10.3 Å². The Labute approximate surface area is 261 Å². The Morgan fingerprint density at radius 3 is 2.60 bits per heavy atom. The van der Waals surface area contributed by atoms with Crippen molar-refractivity contribution in [2.45, 2.75) is 63.7 Å². The number of hydrogen-bond donors (Lipinski definition) is 3. The highest BCUT2D eigenvalue weighted by Crippen LogP contribution is 2.43. The van der Waals surface area contributed by atoms with Gasteiger partial charge in [-0.15, -0.1) is 16.1 Å². The fourth-order valence-corrected chi connectivity index (χ4v) is 7.12. The van der Waals surface area contributed by atoms with Crippen LogP contribution in [-0.4, -0.2) is 42.9 Å². The quantitative estimate of drug-likeness (QED) is 0.177. The van der Waals surface area contributed by atoms with Crippen LogP contribution in [0.4, 0.5) is 15.0 Å². The Hall–Kier alpha value is -2.84. The summed E-state index contributed by atoms with van der Waals surface area (Å²) in [5.41, 5.74) is 1.53. The summed E-state index contributed by atoms with van der Waals surface area (Å²) < 4.78 is 43.7. The first kappa shape index (κ1) is 31.6. The van der Waals surface area contributed by atoms with E-state index in [4.69, 9.17) is 21.1 Å². The van der Waals surface area contributed by atoms with E-state index in [1.807, 2.05) is 53.7 Å². The molecule has 0 spiro atoms. The zero-order valence-electron chi connectivity index (χ0n) is 24.5. The zero-order chi connectivity index (χ0) is 31.3. The summed E-state index contributed by atoms with van der Waals surface area (Å²) in [6.45, 7) is 11.5. The third kappa shape index (κ3) is 6.80. The van der Waals surface area contributed by atoms with Gasteiger partial charge in [-0.25, -0.2) is 14.2 Å². The Bertz CT molecular complexity index is 1700. The molecular weight excluding hydrogens is 615 g/mol. The average Bonchev–Trinajstić information content (AvgIpc) is 3.47. The number of carboxylic acid groups (broad SMARTS) is 1. The Morgan fingerprint density at radius 1 is 1.21 bits per heavy atom. The molecule has 43 heavy (non-hydrogen) atoms. The van der Waals surface area contributed by atoms with Crippen LogP contribution in [0.1, 0.15) is 63.7 Å². The molecule has 1 aliphatic rings. The van der Waals surface area contributed by atoms with Gasteiger partial charge in [0.2, 0.25) is 0 Å². The second-order valence-corrected chi connectivity index (χ2v) is 15.4. The highest BCUT2D eigenvalue weighted by Gasteiger charge is 2.43. The van der Waals surface area contributed by atoms with Gasteiger partial charge in [0, 0.05) is 32.7 Å². The second kappa shape index (κ2) is 11.6. The predicted molar refractivity (Wildman–Crippen MR) is 167 cm³/mol. The zero-order valence-corrected chi connectivity index (χ0v) is 26.8. The van der Waals surface area contributed by atoms with Gasteiger partial charge < -0.3 is 19.1 Å². The van der Waals surface area contributed by atoms with E-state index in [9.17, 15) is 14.5 Å². The minimum atomic E-state index is -1.57. The van der Waals surface area contributed by atoms with Crippen molar-refractivity contribution < 1.29 is 28.3 Å². The van der Waals surface area contributed by atoms with Crippen LogP contribution in [0.2, 0.25) is 5.02 Å². The topological polar surface area (TPSA) is 129 Å². The number of amides is 1. The normalized spacial score (nSPS) is 19.8. The van der Waals surface area contributed by atoms with Crippen LogP contribution in [0.5, 0.6) is 0 Å². The molecule has 3 atom stereocenters. The van der Waals surface area contributed by atoms with Gasteiger partial charge in [0.15, 0.2) is 5.79 Å². The third-order valence-electron chi connectivity index (χ3n) is 6.86. The van der Waals surface area contributed by atoms with E-state index in [0.717, 1.165) is 10.3 Å². The van der Waals surface area contributed by atoms with Crippen molar-refractivity contribution in [3.63, 3.8) is 0 Å². The lowest BCUT2D eigenvalue weighted by molar-refractivity contribution is -0.159. The van der Waals surface area contributed by atoms with Crippen molar-refractivity contribution in [2.75, 3.05) is 11.9 Å². The minimum absolute atomic E-state index is 0.0592. The molecule has 5 rings (SSSR count). The largest absolute Gasteiger partial charge is 0.598 e. The molecular formula is C30H32ClFN4O5S2. The minimum Gasteiger partial charge on any atom is -0.598 e. The Kier molecular flexibility index (Phi) is 8.51. The number of hydrogen-bond acceptors (Lipinski definition) is 8. The van der Waals surface area contributed by atoms with Crippen molar-refractivity contribution >= 4 is 56.3 Å². The van der Waals surface area contributed by atoms with Gasteiger partial charge in [-0.05, 0) is 95.0 Å². The van der Waals surface area contributed by atoms with Crippen LogP contribution >= 0.6 is 22.9 Å². The number of rotatable bonds is 7. The summed E-state index contributed by atoms with van der Waals surface area (Å²) in [6.07, 6.45) is 0.379. The summed E-state index contributed by atoms with van der Waals surface area (Å²) in [6, 6.07) is 10.5. The summed E-state index contributed by atoms with van der Waals surface area (Å²) in [7, 11) is 0. The van der Waals surface area contributed by atoms with Crippen LogP contribution in [0.25, 0.3) is 21.3 Å². The van der Waals surface area contributed by atoms with E-state index >= 15 is 4.39 Å². The molecule has 13 heteroatoms. The first-order valence-corrected chi connectivity index (χ1v) is 15.8. The maximum absolute atomic E-state index is 15.1. The lowest BCUT2D eigenvalue weighted by atomic mass is 9.96. The smallest absolute Gasteiger partial charge is 0.410 e. The Balaban J connectivity index is 1.63. The third-order valence-corrected chi connectivity index (χ3v) is 9.99. The van der Waals surface area contributed by atoms with Gasteiger partial charge in [-0.2, -0.15) is 0 Å². The van der Waals surface area contributed by atoms with Gasteiger partial charge in [0.25, 0.3) is 0 Å². The number of pyridine rings is 2. The highest BCUT2D eigenvalue weighted by atomic mass is 35.5. The van der Waals surface area contributed by atoms with E-state index in [-0.39, 0.29) is 16.5 Å². The maximum atomic E-state index is 15.1. The van der Waals surface area contributed by atoms with Crippen LogP contribution in [-0.2, 0) is 26.4 Å². The van der Waals surface area contributed by atoms with Crippen molar-refractivity contribution in [2.24, 2.45) is 0 Å². The van der Waals surface area contributed by atoms with Crippen LogP contribution < -0.4 is 10.0 Å². The van der Waals surface area contributed by atoms with Crippen molar-refractivity contribution in [1.29, 1.82) is 0 Å². The SMILES string of the molecule is CC1(C)OCC(C)(c2ccnc(-c3cc(F)cc4cc(C(N[S@@+]([O-])C(C)(C)C)c5nc(NC(=O)O)ccc5Cl)sc34)c2)O1. The number of aromatic nitrogens is 2. The summed E-state index contributed by atoms with van der Waals surface area (Å²) >= 11 is 6.36. The molecule has 4 heterocycles. The molecule has 3 aromatic heterocycles. The number of halogens is 2. The van der Waals surface area contributed by atoms with E-state index in [0.29, 0.717) is 28.1 Å². The lowest BCUT2D eigenvalue weighted by Crippen LogP contribution is -2.41. The fraction of sp³-hybridized carbons (Fsp3) is 0.367. The molecule has 1 saturated heterocycles. The lowest BCUT2D eigenvalue weighted by Gasteiger charge is -2.27. The molecule has 0 saturated carbocycles. The standard InChI is InChI=1S/C30H32ClFN4O5S2/c1-28(2,3)43(39)36-25(24-20(31)7-8-23(34-24)35-27(37)38)22-12-16-11-18(32)14-19(26(16)42-22)21-13-17(9-10-33-21)30(6)15-40-29(4,5)41-30/h7-14,25,36H,15H2,1-6H3,(H,34,35)(H,37,38)/t25?,30?,43-/m0/s1. The molecule has 3 N–H and O–H groups in total. The highest BCUT2D eigenvalue weighted by molar-refractivity contribution is 7.90. The number of benzene rings is 1. The average molecular weight is 647 g/mol. The van der Waals surface area contributed by atoms with E-state index in [2.05, 4.69) is 20.0 Å². The molecule has 0 bridgehead atoms. The molecule has 1 fully saturated rings. The molecule has 0 aliphatic carbocycles. The molecule has 0 radical (unpaired) electrons. The number of carbonyl (C=O) groups is 1. The molecule has 228 valence electrons. The monoisotopic (exact) mass is 646 g/mol. The van der Waals surface area contributed by atoms with Gasteiger partial charge in [-0.1, -0.05) is 11.6 Å². The number of fused-ring (bicyclic) bond motifs is 1. The van der Waals surface area contributed by atoms with Crippen LogP contribution in [0, 0.1) is 5.82 Å².